The van der Waals surface area contributed by atoms with Crippen molar-refractivity contribution >= 4 is 51.1 Å². The molecule has 0 saturated heterocycles. The molecule has 4 N–H and O–H groups in total. The summed E-state index contributed by atoms with van der Waals surface area (Å²) in [6.45, 7) is 7.82. The van der Waals surface area contributed by atoms with Gasteiger partial charge in [0.05, 0.1) is 5.52 Å². The van der Waals surface area contributed by atoms with Crippen molar-refractivity contribution in [3.05, 3.63) is 75.4 Å². The predicted octanol–water partition coefficient (Wildman–Crippen LogP) is 5.65. The van der Waals surface area contributed by atoms with Crippen LogP contribution < -0.4 is 11.1 Å². The van der Waals surface area contributed by atoms with Crippen LogP contribution >= 0.6 is 11.6 Å². The van der Waals surface area contributed by atoms with Gasteiger partial charge in [-0.25, -0.2) is 14.8 Å². The van der Waals surface area contributed by atoms with Gasteiger partial charge in [-0.2, -0.15) is 0 Å². The topological polar surface area (TPSA) is 118 Å². The van der Waals surface area contributed by atoms with Crippen LogP contribution in [0.25, 0.3) is 21.8 Å². The lowest BCUT2D eigenvalue weighted by molar-refractivity contribution is -0.139. The number of aromatic nitrogens is 2. The maximum absolute atomic E-state index is 12.7. The molecule has 2 heterocycles. The van der Waals surface area contributed by atoms with E-state index in [1.807, 2.05) is 58.0 Å². The van der Waals surface area contributed by atoms with Gasteiger partial charge < -0.3 is 16.2 Å². The van der Waals surface area contributed by atoms with Crippen LogP contribution in [0.4, 0.5) is 5.82 Å². The van der Waals surface area contributed by atoms with Crippen molar-refractivity contribution in [3.8, 4) is 0 Å². The molecule has 0 saturated carbocycles. The summed E-state index contributed by atoms with van der Waals surface area (Å²) >= 11 is 6.36. The maximum atomic E-state index is 12.7. The molecule has 2 aromatic carbocycles. The van der Waals surface area contributed by atoms with Crippen LogP contribution in [0.15, 0.2) is 42.5 Å². The third-order valence-corrected chi connectivity index (χ3v) is 6.75. The first kappa shape index (κ1) is 26.4. The SMILES string of the molecule is Cc1ccc2c(c1)nc(N)c1nc(Cl)cc(CCc3ccc(C(=O)NC(CC(C)C)C(=O)O)cc3C)c12. The lowest BCUT2D eigenvalue weighted by atomic mass is 9.95. The van der Waals surface area contributed by atoms with Gasteiger partial charge in [0.2, 0.25) is 0 Å². The third kappa shape index (κ3) is 5.83. The lowest BCUT2D eigenvalue weighted by Gasteiger charge is -2.17. The predicted molar refractivity (Wildman–Crippen MR) is 148 cm³/mol. The average molecular weight is 519 g/mol. The molecule has 4 aromatic rings. The molecule has 7 nitrogen and oxygen atoms in total. The molecule has 4 rings (SSSR count). The van der Waals surface area contributed by atoms with Gasteiger partial charge in [0.15, 0.2) is 5.82 Å². The van der Waals surface area contributed by atoms with Crippen LogP contribution in [0.5, 0.6) is 0 Å². The van der Waals surface area contributed by atoms with Gasteiger partial charge in [-0.1, -0.05) is 43.6 Å². The Labute approximate surface area is 221 Å². The van der Waals surface area contributed by atoms with E-state index in [2.05, 4.69) is 15.3 Å². The molecule has 0 fully saturated rings. The summed E-state index contributed by atoms with van der Waals surface area (Å²) in [7, 11) is 0. The Bertz CT molecular complexity index is 1520. The number of anilines is 1. The van der Waals surface area contributed by atoms with E-state index in [1.165, 1.54) is 0 Å². The molecule has 1 atom stereocenters. The highest BCUT2D eigenvalue weighted by atomic mass is 35.5. The number of nitrogens with zero attached hydrogens (tertiary/aromatic N) is 2. The Hall–Kier alpha value is -3.71. The minimum atomic E-state index is -1.03. The van der Waals surface area contributed by atoms with Crippen molar-refractivity contribution in [2.75, 3.05) is 5.73 Å². The molecule has 37 heavy (non-hydrogen) atoms. The molecule has 0 bridgehead atoms. The Morgan fingerprint density at radius 1 is 1.03 bits per heavy atom. The summed E-state index contributed by atoms with van der Waals surface area (Å²) in [6, 6.07) is 12.5. The van der Waals surface area contributed by atoms with Crippen LogP contribution in [-0.4, -0.2) is 33.0 Å². The van der Waals surface area contributed by atoms with Gasteiger partial charge in [-0.3, -0.25) is 4.79 Å². The summed E-state index contributed by atoms with van der Waals surface area (Å²) in [5.41, 5.74) is 12.3. The molecule has 0 aliphatic heterocycles. The Morgan fingerprint density at radius 2 is 1.76 bits per heavy atom. The molecule has 0 aliphatic rings. The van der Waals surface area contributed by atoms with Crippen LogP contribution in [0, 0.1) is 19.8 Å². The molecular weight excluding hydrogens is 488 g/mol. The second-order valence-corrected chi connectivity index (χ2v) is 10.4. The normalized spacial score (nSPS) is 12.3. The van der Waals surface area contributed by atoms with Gasteiger partial charge in [0, 0.05) is 16.3 Å². The smallest absolute Gasteiger partial charge is 0.326 e. The highest BCUT2D eigenvalue weighted by molar-refractivity contribution is 6.30. The molecule has 192 valence electrons. The minimum absolute atomic E-state index is 0.149. The van der Waals surface area contributed by atoms with E-state index in [9.17, 15) is 14.7 Å². The van der Waals surface area contributed by atoms with Gasteiger partial charge >= 0.3 is 5.97 Å². The number of fused-ring (bicyclic) bond motifs is 3. The number of nitrogens with one attached hydrogen (secondary N) is 1. The van der Waals surface area contributed by atoms with Gasteiger partial charge in [-0.05, 0) is 85.5 Å². The highest BCUT2D eigenvalue weighted by Crippen LogP contribution is 2.32. The molecule has 0 radical (unpaired) electrons. The van der Waals surface area contributed by atoms with Crippen molar-refractivity contribution in [1.29, 1.82) is 0 Å². The number of aliphatic carboxylic acids is 1. The summed E-state index contributed by atoms with van der Waals surface area (Å²) in [5.74, 6) is -0.924. The number of amides is 1. The minimum Gasteiger partial charge on any atom is -0.480 e. The zero-order valence-corrected chi connectivity index (χ0v) is 22.2. The number of pyridine rings is 2. The van der Waals surface area contributed by atoms with Crippen molar-refractivity contribution in [2.24, 2.45) is 5.92 Å². The monoisotopic (exact) mass is 518 g/mol. The Kier molecular flexibility index (Phi) is 7.64. The molecule has 0 aliphatic carbocycles. The molecule has 0 spiro atoms. The zero-order valence-electron chi connectivity index (χ0n) is 21.4. The number of carboxylic acids is 1. The lowest BCUT2D eigenvalue weighted by Crippen LogP contribution is -2.41. The van der Waals surface area contributed by atoms with Crippen molar-refractivity contribution in [2.45, 2.75) is 53.0 Å². The zero-order chi connectivity index (χ0) is 26.9. The second-order valence-electron chi connectivity index (χ2n) is 9.98. The number of nitrogen functional groups attached to an aromatic ring is 1. The summed E-state index contributed by atoms with van der Waals surface area (Å²) in [5, 5.41) is 14.4. The standard InChI is InChI=1S/C29H31ClN4O3/c1-15(2)11-23(29(36)37)33-28(35)20-9-7-18(17(4)13-20)6-8-19-14-24(30)34-26-25(19)21-10-5-16(3)12-22(21)32-27(26)31/h5,7,9-10,12-15,23H,6,8,11H2,1-4H3,(H2,31,32)(H,33,35)(H,36,37). The van der Waals surface area contributed by atoms with Gasteiger partial charge in [0.25, 0.3) is 5.91 Å². The fourth-order valence-corrected chi connectivity index (χ4v) is 4.91. The largest absolute Gasteiger partial charge is 0.480 e. The van der Waals surface area contributed by atoms with Crippen LogP contribution in [0.3, 0.4) is 0 Å². The van der Waals surface area contributed by atoms with E-state index < -0.39 is 12.0 Å². The Morgan fingerprint density at radius 3 is 2.43 bits per heavy atom. The van der Waals surface area contributed by atoms with Crippen molar-refractivity contribution in [3.63, 3.8) is 0 Å². The first-order chi connectivity index (χ1) is 17.5. The molecule has 1 unspecified atom stereocenters. The van der Waals surface area contributed by atoms with E-state index in [0.29, 0.717) is 41.3 Å². The van der Waals surface area contributed by atoms with E-state index in [0.717, 1.165) is 38.5 Å². The number of halogens is 1. The van der Waals surface area contributed by atoms with E-state index in [-0.39, 0.29) is 11.8 Å². The quantitative estimate of drug-likeness (QED) is 0.205. The number of rotatable bonds is 8. The number of carbonyl (C=O) groups is 2. The van der Waals surface area contributed by atoms with Crippen LogP contribution in [0.1, 0.15) is 52.9 Å². The molecule has 2 aromatic heterocycles. The number of hydrogen-bond acceptors (Lipinski definition) is 5. The first-order valence-corrected chi connectivity index (χ1v) is 12.7. The highest BCUT2D eigenvalue weighted by Gasteiger charge is 2.22. The number of hydrogen-bond donors (Lipinski definition) is 3. The van der Waals surface area contributed by atoms with Crippen molar-refractivity contribution < 1.29 is 14.7 Å². The van der Waals surface area contributed by atoms with Crippen LogP contribution in [0.2, 0.25) is 5.15 Å². The average Bonchev–Trinajstić information content (AvgIpc) is 2.82. The van der Waals surface area contributed by atoms with E-state index in [1.54, 1.807) is 12.1 Å². The molecule has 1 amide bonds. The fraction of sp³-hybridized carbons (Fsp3) is 0.310. The third-order valence-electron chi connectivity index (χ3n) is 6.55. The summed E-state index contributed by atoms with van der Waals surface area (Å²) < 4.78 is 0. The van der Waals surface area contributed by atoms with E-state index >= 15 is 0 Å². The second kappa shape index (κ2) is 10.7. The molecule has 8 heteroatoms. The number of carboxylic acid groups (broad SMARTS) is 1. The number of aryl methyl sites for hydroxylation is 4. The van der Waals surface area contributed by atoms with Gasteiger partial charge in [0.1, 0.15) is 16.7 Å². The fourth-order valence-electron chi connectivity index (χ4n) is 4.70. The van der Waals surface area contributed by atoms with Crippen LogP contribution in [-0.2, 0) is 17.6 Å². The Balaban J connectivity index is 1.60. The van der Waals surface area contributed by atoms with Crippen molar-refractivity contribution in [1.82, 2.24) is 15.3 Å². The number of benzene rings is 2. The molecular formula is C29H31ClN4O3. The first-order valence-electron chi connectivity index (χ1n) is 12.3. The maximum Gasteiger partial charge on any atom is 0.326 e. The van der Waals surface area contributed by atoms with Gasteiger partial charge in [-0.15, -0.1) is 0 Å². The summed E-state index contributed by atoms with van der Waals surface area (Å²) in [4.78, 5) is 33.3. The summed E-state index contributed by atoms with van der Waals surface area (Å²) in [6.07, 6.45) is 1.77. The number of nitrogens with two attached hydrogens (primary N) is 1. The number of carbonyl (C=O) groups excluding carboxylic acids is 1. The van der Waals surface area contributed by atoms with E-state index in [4.69, 9.17) is 17.3 Å².